The molecule has 0 spiro atoms. The highest BCUT2D eigenvalue weighted by molar-refractivity contribution is 5.63. The Labute approximate surface area is 125 Å². The number of hydrogen-bond donors (Lipinski definition) is 1. The topological polar surface area (TPSA) is 56.3 Å². The Bertz CT molecular complexity index is 546. The van der Waals surface area contributed by atoms with Crippen molar-refractivity contribution in [2.45, 2.75) is 20.5 Å². The van der Waals surface area contributed by atoms with Gasteiger partial charge < -0.3 is 14.8 Å². The summed E-state index contributed by atoms with van der Waals surface area (Å²) < 4.78 is 10.6. The number of anilines is 1. The molecule has 112 valence electrons. The minimum Gasteiger partial charge on any atom is -0.494 e. The van der Waals surface area contributed by atoms with Crippen molar-refractivity contribution in [2.24, 2.45) is 0 Å². The number of benzene rings is 1. The van der Waals surface area contributed by atoms with Crippen molar-refractivity contribution >= 4 is 5.82 Å². The molecule has 5 nitrogen and oxygen atoms in total. The highest BCUT2D eigenvalue weighted by Crippen LogP contribution is 2.23. The van der Waals surface area contributed by atoms with Crippen molar-refractivity contribution in [3.63, 3.8) is 0 Å². The zero-order valence-corrected chi connectivity index (χ0v) is 12.7. The molecule has 0 aliphatic rings. The number of rotatable bonds is 7. The predicted octanol–water partition coefficient (Wildman–Crippen LogP) is 3.12. The molecule has 2 rings (SSSR count). The van der Waals surface area contributed by atoms with Crippen LogP contribution in [0, 0.1) is 0 Å². The van der Waals surface area contributed by atoms with Gasteiger partial charge in [-0.15, -0.1) is 0 Å². The summed E-state index contributed by atoms with van der Waals surface area (Å²) in [5, 5.41) is 3.22. The molecule has 0 amide bonds. The van der Waals surface area contributed by atoms with Crippen LogP contribution in [0.3, 0.4) is 0 Å². The first kappa shape index (κ1) is 15.3. The summed E-state index contributed by atoms with van der Waals surface area (Å²) in [6, 6.07) is 9.84. The van der Waals surface area contributed by atoms with Gasteiger partial charge in [-0.1, -0.05) is 0 Å². The molecule has 0 aliphatic carbocycles. The van der Waals surface area contributed by atoms with Crippen molar-refractivity contribution in [1.29, 1.82) is 0 Å². The standard InChI is InChI=1S/C16H21N3O2/c1-4-17-15-10-14(18-16(19-15)11-20-3)12-6-8-13(9-7-12)21-5-2/h6-10H,4-5,11H2,1-3H3,(H,17,18,19). The van der Waals surface area contributed by atoms with Gasteiger partial charge in [0.05, 0.1) is 12.3 Å². The molecule has 0 saturated heterocycles. The van der Waals surface area contributed by atoms with Gasteiger partial charge in [0, 0.05) is 25.3 Å². The van der Waals surface area contributed by atoms with E-state index in [1.54, 1.807) is 7.11 Å². The van der Waals surface area contributed by atoms with Crippen molar-refractivity contribution in [3.8, 4) is 17.0 Å². The summed E-state index contributed by atoms with van der Waals surface area (Å²) in [7, 11) is 1.64. The lowest BCUT2D eigenvalue weighted by atomic mass is 10.1. The van der Waals surface area contributed by atoms with E-state index in [9.17, 15) is 0 Å². The minimum absolute atomic E-state index is 0.392. The van der Waals surface area contributed by atoms with Gasteiger partial charge in [-0.25, -0.2) is 9.97 Å². The molecule has 0 radical (unpaired) electrons. The fraction of sp³-hybridized carbons (Fsp3) is 0.375. The van der Waals surface area contributed by atoms with Crippen molar-refractivity contribution in [2.75, 3.05) is 25.6 Å². The van der Waals surface area contributed by atoms with E-state index >= 15 is 0 Å². The van der Waals surface area contributed by atoms with Gasteiger partial charge in [0.15, 0.2) is 5.82 Å². The molecule has 5 heteroatoms. The van der Waals surface area contributed by atoms with Crippen LogP contribution < -0.4 is 10.1 Å². The van der Waals surface area contributed by atoms with Gasteiger partial charge >= 0.3 is 0 Å². The molecule has 1 N–H and O–H groups in total. The fourth-order valence-corrected chi connectivity index (χ4v) is 2.00. The molecule has 0 saturated carbocycles. The van der Waals surface area contributed by atoms with Crippen molar-refractivity contribution < 1.29 is 9.47 Å². The monoisotopic (exact) mass is 287 g/mol. The second-order valence-electron chi connectivity index (χ2n) is 4.48. The lowest BCUT2D eigenvalue weighted by molar-refractivity contribution is 0.178. The Hall–Kier alpha value is -2.14. The molecule has 1 aromatic heterocycles. The van der Waals surface area contributed by atoms with E-state index in [1.165, 1.54) is 0 Å². The molecular formula is C16H21N3O2. The summed E-state index contributed by atoms with van der Waals surface area (Å²) >= 11 is 0. The summed E-state index contributed by atoms with van der Waals surface area (Å²) in [4.78, 5) is 8.95. The Morgan fingerprint density at radius 1 is 1.10 bits per heavy atom. The van der Waals surface area contributed by atoms with Gasteiger partial charge in [-0.3, -0.25) is 0 Å². The first-order valence-electron chi connectivity index (χ1n) is 7.10. The van der Waals surface area contributed by atoms with Crippen LogP contribution in [0.1, 0.15) is 19.7 Å². The van der Waals surface area contributed by atoms with E-state index in [0.717, 1.165) is 29.4 Å². The lowest BCUT2D eigenvalue weighted by Gasteiger charge is -2.09. The average molecular weight is 287 g/mol. The van der Waals surface area contributed by atoms with Crippen LogP contribution in [0.15, 0.2) is 30.3 Å². The molecule has 0 unspecified atom stereocenters. The molecule has 0 aliphatic heterocycles. The predicted molar refractivity (Wildman–Crippen MR) is 83.5 cm³/mol. The lowest BCUT2D eigenvalue weighted by Crippen LogP contribution is -2.05. The molecular weight excluding hydrogens is 266 g/mol. The van der Waals surface area contributed by atoms with Crippen LogP contribution in [-0.4, -0.2) is 30.2 Å². The van der Waals surface area contributed by atoms with Crippen LogP contribution in [0.2, 0.25) is 0 Å². The van der Waals surface area contributed by atoms with Crippen LogP contribution in [0.4, 0.5) is 5.82 Å². The molecule has 1 heterocycles. The van der Waals surface area contributed by atoms with Crippen LogP contribution in [-0.2, 0) is 11.3 Å². The van der Waals surface area contributed by atoms with E-state index in [2.05, 4.69) is 15.3 Å². The SMILES string of the molecule is CCNc1cc(-c2ccc(OCC)cc2)nc(COC)n1. The summed E-state index contributed by atoms with van der Waals surface area (Å²) in [5.41, 5.74) is 1.90. The number of aromatic nitrogens is 2. The Morgan fingerprint density at radius 2 is 1.86 bits per heavy atom. The van der Waals surface area contributed by atoms with Gasteiger partial charge in [0.25, 0.3) is 0 Å². The van der Waals surface area contributed by atoms with E-state index in [1.807, 2.05) is 44.2 Å². The Balaban J connectivity index is 2.32. The third kappa shape index (κ3) is 4.16. The first-order chi connectivity index (χ1) is 10.3. The van der Waals surface area contributed by atoms with Crippen molar-refractivity contribution in [1.82, 2.24) is 9.97 Å². The largest absolute Gasteiger partial charge is 0.494 e. The maximum Gasteiger partial charge on any atom is 0.157 e. The number of nitrogens with zero attached hydrogens (tertiary/aromatic N) is 2. The van der Waals surface area contributed by atoms with Gasteiger partial charge in [0.1, 0.15) is 18.2 Å². The van der Waals surface area contributed by atoms with Gasteiger partial charge in [-0.2, -0.15) is 0 Å². The van der Waals surface area contributed by atoms with E-state index < -0.39 is 0 Å². The second-order valence-corrected chi connectivity index (χ2v) is 4.48. The summed E-state index contributed by atoms with van der Waals surface area (Å²) in [6.07, 6.45) is 0. The Morgan fingerprint density at radius 3 is 2.48 bits per heavy atom. The highest BCUT2D eigenvalue weighted by Gasteiger charge is 2.07. The van der Waals surface area contributed by atoms with E-state index in [4.69, 9.17) is 9.47 Å². The minimum atomic E-state index is 0.392. The molecule has 0 bridgehead atoms. The fourth-order valence-electron chi connectivity index (χ4n) is 2.00. The molecule has 0 fully saturated rings. The summed E-state index contributed by atoms with van der Waals surface area (Å²) in [6.45, 7) is 5.87. The summed E-state index contributed by atoms with van der Waals surface area (Å²) in [5.74, 6) is 2.34. The van der Waals surface area contributed by atoms with Crippen LogP contribution >= 0.6 is 0 Å². The molecule has 0 atom stereocenters. The van der Waals surface area contributed by atoms with Crippen LogP contribution in [0.25, 0.3) is 11.3 Å². The van der Waals surface area contributed by atoms with Crippen molar-refractivity contribution in [3.05, 3.63) is 36.2 Å². The smallest absolute Gasteiger partial charge is 0.157 e. The molecule has 21 heavy (non-hydrogen) atoms. The normalized spacial score (nSPS) is 10.4. The van der Waals surface area contributed by atoms with Gasteiger partial charge in [0.2, 0.25) is 0 Å². The zero-order valence-electron chi connectivity index (χ0n) is 12.7. The number of ether oxygens (including phenoxy) is 2. The maximum atomic E-state index is 5.46. The quantitative estimate of drug-likeness (QED) is 0.848. The van der Waals surface area contributed by atoms with Gasteiger partial charge in [-0.05, 0) is 38.1 Å². The highest BCUT2D eigenvalue weighted by atomic mass is 16.5. The van der Waals surface area contributed by atoms with E-state index in [0.29, 0.717) is 19.0 Å². The number of nitrogens with one attached hydrogen (secondary N) is 1. The maximum absolute atomic E-state index is 5.46. The number of methoxy groups -OCH3 is 1. The van der Waals surface area contributed by atoms with E-state index in [-0.39, 0.29) is 0 Å². The third-order valence-corrected chi connectivity index (χ3v) is 2.86. The number of hydrogen-bond acceptors (Lipinski definition) is 5. The first-order valence-corrected chi connectivity index (χ1v) is 7.10. The third-order valence-electron chi connectivity index (χ3n) is 2.86. The molecule has 1 aromatic carbocycles. The second kappa shape index (κ2) is 7.59. The Kier molecular flexibility index (Phi) is 5.51. The molecule has 2 aromatic rings. The zero-order chi connectivity index (χ0) is 15.1. The average Bonchev–Trinajstić information content (AvgIpc) is 2.49. The van der Waals surface area contributed by atoms with Crippen LogP contribution in [0.5, 0.6) is 5.75 Å².